The number of hydrogen-bond donors (Lipinski definition) is 1. The van der Waals surface area contributed by atoms with Gasteiger partial charge in [0.25, 0.3) is 0 Å². The largest absolute Gasteiger partial charge is 0.493 e. The van der Waals surface area contributed by atoms with E-state index in [9.17, 15) is 4.79 Å². The summed E-state index contributed by atoms with van der Waals surface area (Å²) in [4.78, 5) is 14.3. The Labute approximate surface area is 154 Å². The van der Waals surface area contributed by atoms with E-state index in [1.165, 1.54) is 11.1 Å². The molecule has 0 saturated carbocycles. The Morgan fingerprint density at radius 2 is 1.96 bits per heavy atom. The summed E-state index contributed by atoms with van der Waals surface area (Å²) in [5.41, 5.74) is 3.69. The van der Waals surface area contributed by atoms with Crippen molar-refractivity contribution < 1.29 is 14.3 Å². The fourth-order valence-electron chi connectivity index (χ4n) is 3.24. The summed E-state index contributed by atoms with van der Waals surface area (Å²) in [5, 5.41) is 3.02. The van der Waals surface area contributed by atoms with Gasteiger partial charge in [0.2, 0.25) is 0 Å². The van der Waals surface area contributed by atoms with Crippen molar-refractivity contribution in [2.24, 2.45) is 0 Å². The van der Waals surface area contributed by atoms with Gasteiger partial charge in [-0.3, -0.25) is 0 Å². The molecule has 5 nitrogen and oxygen atoms in total. The molecule has 0 atom stereocenters. The van der Waals surface area contributed by atoms with Crippen molar-refractivity contribution in [2.45, 2.75) is 26.3 Å². The van der Waals surface area contributed by atoms with Gasteiger partial charge in [0.1, 0.15) is 0 Å². The summed E-state index contributed by atoms with van der Waals surface area (Å²) in [6, 6.07) is 14.2. The van der Waals surface area contributed by atoms with Gasteiger partial charge in [0.05, 0.1) is 13.7 Å². The Kier molecular flexibility index (Phi) is 6.00. The second-order valence-corrected chi connectivity index (χ2v) is 6.34. The zero-order chi connectivity index (χ0) is 18.4. The van der Waals surface area contributed by atoms with Gasteiger partial charge in [-0.25, -0.2) is 4.79 Å². The first-order valence-corrected chi connectivity index (χ1v) is 9.10. The van der Waals surface area contributed by atoms with Crippen molar-refractivity contribution in [3.05, 3.63) is 59.2 Å². The lowest BCUT2D eigenvalue weighted by Crippen LogP contribution is -2.43. The van der Waals surface area contributed by atoms with Gasteiger partial charge in [0.15, 0.2) is 11.5 Å². The van der Waals surface area contributed by atoms with Crippen molar-refractivity contribution in [1.82, 2.24) is 10.2 Å². The highest BCUT2D eigenvalue weighted by atomic mass is 16.5. The number of ether oxygens (including phenoxy) is 2. The van der Waals surface area contributed by atoms with Crippen LogP contribution in [0.5, 0.6) is 11.5 Å². The van der Waals surface area contributed by atoms with E-state index in [0.717, 1.165) is 36.4 Å². The smallest absolute Gasteiger partial charge is 0.317 e. The maximum absolute atomic E-state index is 12.4. The maximum Gasteiger partial charge on any atom is 0.317 e. The Bertz CT molecular complexity index is 761. The monoisotopic (exact) mass is 354 g/mol. The van der Waals surface area contributed by atoms with Crippen molar-refractivity contribution in [3.8, 4) is 11.5 Å². The van der Waals surface area contributed by atoms with Crippen molar-refractivity contribution in [1.29, 1.82) is 0 Å². The van der Waals surface area contributed by atoms with Crippen LogP contribution in [0.4, 0.5) is 4.79 Å². The Balaban J connectivity index is 1.51. The average molecular weight is 354 g/mol. The van der Waals surface area contributed by atoms with Crippen LogP contribution in [0, 0.1) is 0 Å². The van der Waals surface area contributed by atoms with E-state index in [0.29, 0.717) is 19.7 Å². The van der Waals surface area contributed by atoms with Gasteiger partial charge >= 0.3 is 6.03 Å². The molecule has 0 radical (unpaired) electrons. The number of carbonyl (C=O) groups excluding carboxylic acids is 1. The highest BCUT2D eigenvalue weighted by Gasteiger charge is 2.19. The Morgan fingerprint density at radius 3 is 2.73 bits per heavy atom. The summed E-state index contributed by atoms with van der Waals surface area (Å²) in [6.07, 6.45) is 1.67. The summed E-state index contributed by atoms with van der Waals surface area (Å²) in [7, 11) is 1.64. The minimum absolute atomic E-state index is 0.00240. The van der Waals surface area contributed by atoms with Crippen LogP contribution in [0.1, 0.15) is 23.6 Å². The molecule has 2 aromatic rings. The average Bonchev–Trinajstić information content (AvgIpc) is 2.68. The van der Waals surface area contributed by atoms with Crippen LogP contribution in [0.25, 0.3) is 0 Å². The van der Waals surface area contributed by atoms with Gasteiger partial charge in [0, 0.05) is 19.6 Å². The molecule has 0 aromatic heterocycles. The SMILES string of the molecule is CCOc1ccc(CCNC(=O)N2CCc3ccccc3C2)cc1OC. The molecular weight excluding hydrogens is 328 g/mol. The number of fused-ring (bicyclic) bond motifs is 1. The molecule has 1 aliphatic heterocycles. The predicted octanol–water partition coefficient (Wildman–Crippen LogP) is 3.40. The van der Waals surface area contributed by atoms with E-state index in [-0.39, 0.29) is 6.03 Å². The van der Waals surface area contributed by atoms with Crippen LogP contribution in [0.3, 0.4) is 0 Å². The zero-order valence-corrected chi connectivity index (χ0v) is 15.5. The molecule has 0 fully saturated rings. The summed E-state index contributed by atoms with van der Waals surface area (Å²) >= 11 is 0. The molecule has 2 aromatic carbocycles. The Morgan fingerprint density at radius 1 is 1.15 bits per heavy atom. The van der Waals surface area contributed by atoms with Gasteiger partial charge in [-0.05, 0) is 48.6 Å². The molecule has 5 heteroatoms. The molecule has 1 aliphatic rings. The standard InChI is InChI=1S/C21H26N2O3/c1-3-26-19-9-8-16(14-20(19)25-2)10-12-22-21(24)23-13-11-17-6-4-5-7-18(17)15-23/h4-9,14H,3,10-13,15H2,1-2H3,(H,22,24). The fraction of sp³-hybridized carbons (Fsp3) is 0.381. The number of urea groups is 1. The van der Waals surface area contributed by atoms with Crippen molar-refractivity contribution in [3.63, 3.8) is 0 Å². The lowest BCUT2D eigenvalue weighted by molar-refractivity contribution is 0.192. The summed E-state index contributed by atoms with van der Waals surface area (Å²) in [5.74, 6) is 1.47. The lowest BCUT2D eigenvalue weighted by Gasteiger charge is -2.29. The number of methoxy groups -OCH3 is 1. The van der Waals surface area contributed by atoms with E-state index in [2.05, 4.69) is 23.5 Å². The summed E-state index contributed by atoms with van der Waals surface area (Å²) in [6.45, 7) is 4.58. The van der Waals surface area contributed by atoms with Gasteiger partial charge in [-0.15, -0.1) is 0 Å². The number of amides is 2. The second-order valence-electron chi connectivity index (χ2n) is 6.34. The zero-order valence-electron chi connectivity index (χ0n) is 15.5. The third-order valence-electron chi connectivity index (χ3n) is 4.64. The van der Waals surface area contributed by atoms with Crippen LogP contribution in [-0.2, 0) is 19.4 Å². The number of hydrogen-bond acceptors (Lipinski definition) is 3. The highest BCUT2D eigenvalue weighted by Crippen LogP contribution is 2.28. The molecule has 138 valence electrons. The first-order valence-electron chi connectivity index (χ1n) is 9.10. The molecule has 1 N–H and O–H groups in total. The van der Waals surface area contributed by atoms with Gasteiger partial charge in [-0.1, -0.05) is 30.3 Å². The van der Waals surface area contributed by atoms with Crippen LogP contribution in [-0.4, -0.2) is 37.7 Å². The molecule has 0 spiro atoms. The normalized spacial score (nSPS) is 13.1. The van der Waals surface area contributed by atoms with Crippen LogP contribution >= 0.6 is 0 Å². The molecule has 0 aliphatic carbocycles. The van der Waals surface area contributed by atoms with E-state index in [4.69, 9.17) is 9.47 Å². The quantitative estimate of drug-likeness (QED) is 0.865. The maximum atomic E-state index is 12.4. The molecule has 2 amide bonds. The first kappa shape index (κ1) is 18.1. The van der Waals surface area contributed by atoms with E-state index in [1.54, 1.807) is 7.11 Å². The van der Waals surface area contributed by atoms with E-state index >= 15 is 0 Å². The summed E-state index contributed by atoms with van der Waals surface area (Å²) < 4.78 is 10.9. The predicted molar refractivity (Wildman–Crippen MR) is 102 cm³/mol. The van der Waals surface area contributed by atoms with Crippen molar-refractivity contribution in [2.75, 3.05) is 26.8 Å². The first-order chi connectivity index (χ1) is 12.7. The topological polar surface area (TPSA) is 50.8 Å². The number of benzene rings is 2. The molecular formula is C21H26N2O3. The minimum Gasteiger partial charge on any atom is -0.493 e. The fourth-order valence-corrected chi connectivity index (χ4v) is 3.24. The number of nitrogens with zero attached hydrogens (tertiary/aromatic N) is 1. The molecule has 1 heterocycles. The third-order valence-corrected chi connectivity index (χ3v) is 4.64. The van der Waals surface area contributed by atoms with Gasteiger partial charge in [-0.2, -0.15) is 0 Å². The Hall–Kier alpha value is -2.69. The molecule has 3 rings (SSSR count). The van der Waals surface area contributed by atoms with Gasteiger partial charge < -0.3 is 19.7 Å². The third kappa shape index (κ3) is 4.28. The van der Waals surface area contributed by atoms with Crippen molar-refractivity contribution >= 4 is 6.03 Å². The van der Waals surface area contributed by atoms with Crippen LogP contribution < -0.4 is 14.8 Å². The van der Waals surface area contributed by atoms with E-state index in [1.807, 2.05) is 36.1 Å². The highest BCUT2D eigenvalue weighted by molar-refractivity contribution is 5.74. The number of rotatable bonds is 6. The molecule has 26 heavy (non-hydrogen) atoms. The molecule has 0 unspecified atom stereocenters. The van der Waals surface area contributed by atoms with Crippen LogP contribution in [0.2, 0.25) is 0 Å². The number of carbonyl (C=O) groups is 1. The number of nitrogens with one attached hydrogen (secondary N) is 1. The van der Waals surface area contributed by atoms with E-state index < -0.39 is 0 Å². The molecule has 0 saturated heterocycles. The minimum atomic E-state index is -0.00240. The lowest BCUT2D eigenvalue weighted by atomic mass is 10.0. The van der Waals surface area contributed by atoms with Crippen LogP contribution in [0.15, 0.2) is 42.5 Å². The molecule has 0 bridgehead atoms. The second kappa shape index (κ2) is 8.61.